The molecule has 7 nitrogen and oxygen atoms in total. The Balaban J connectivity index is 1.54. The first-order valence-electron chi connectivity index (χ1n) is 9.29. The van der Waals surface area contributed by atoms with Crippen LogP contribution in [-0.4, -0.2) is 29.9 Å². The topological polar surface area (TPSA) is 78.5 Å². The zero-order chi connectivity index (χ0) is 19.5. The van der Waals surface area contributed by atoms with E-state index in [0.717, 1.165) is 42.0 Å². The molecule has 28 heavy (non-hydrogen) atoms. The molecule has 1 atom stereocenters. The van der Waals surface area contributed by atoms with Crippen LogP contribution in [0.2, 0.25) is 0 Å². The molecule has 0 aliphatic heterocycles. The lowest BCUT2D eigenvalue weighted by molar-refractivity contribution is 0.0896. The number of ether oxygens (including phenoxy) is 2. The summed E-state index contributed by atoms with van der Waals surface area (Å²) in [5.41, 5.74) is 3.16. The number of fused-ring (bicyclic) bond motifs is 1. The lowest BCUT2D eigenvalue weighted by atomic mass is 9.92. The largest absolute Gasteiger partial charge is 0.497 e. The van der Waals surface area contributed by atoms with Crippen molar-refractivity contribution >= 4 is 5.91 Å². The Morgan fingerprint density at radius 2 is 2.07 bits per heavy atom. The van der Waals surface area contributed by atoms with E-state index in [0.29, 0.717) is 18.1 Å². The van der Waals surface area contributed by atoms with Gasteiger partial charge in [-0.15, -0.1) is 0 Å². The van der Waals surface area contributed by atoms with Crippen LogP contribution in [0.15, 0.2) is 47.0 Å². The average molecular weight is 381 g/mol. The number of aromatic nitrogens is 2. The molecule has 0 radical (unpaired) electrons. The fraction of sp³-hybridized carbons (Fsp3) is 0.333. The van der Waals surface area contributed by atoms with Gasteiger partial charge in [0.2, 0.25) is 0 Å². The molecule has 0 saturated heterocycles. The van der Waals surface area contributed by atoms with Gasteiger partial charge in [-0.05, 0) is 55.7 Å². The van der Waals surface area contributed by atoms with Crippen LogP contribution in [0.1, 0.15) is 46.5 Å². The average Bonchev–Trinajstić information content (AvgIpc) is 3.36. The summed E-state index contributed by atoms with van der Waals surface area (Å²) >= 11 is 0. The van der Waals surface area contributed by atoms with Crippen molar-refractivity contribution in [2.75, 3.05) is 14.2 Å². The van der Waals surface area contributed by atoms with Crippen molar-refractivity contribution in [3.05, 3.63) is 65.4 Å². The van der Waals surface area contributed by atoms with Gasteiger partial charge in [0, 0.05) is 18.4 Å². The van der Waals surface area contributed by atoms with Crippen molar-refractivity contribution in [3.8, 4) is 11.4 Å². The Kier molecular flexibility index (Phi) is 5.16. The highest BCUT2D eigenvalue weighted by Gasteiger charge is 2.27. The summed E-state index contributed by atoms with van der Waals surface area (Å²) in [7, 11) is 3.24. The lowest BCUT2D eigenvalue weighted by Gasteiger charge is -2.24. The van der Waals surface area contributed by atoms with Crippen LogP contribution in [0, 0.1) is 0 Å². The van der Waals surface area contributed by atoms with Crippen LogP contribution in [0.4, 0.5) is 0 Å². The molecule has 0 bridgehead atoms. The van der Waals surface area contributed by atoms with Gasteiger partial charge in [0.05, 0.1) is 25.0 Å². The van der Waals surface area contributed by atoms with E-state index in [1.54, 1.807) is 26.4 Å². The zero-order valence-corrected chi connectivity index (χ0v) is 16.0. The summed E-state index contributed by atoms with van der Waals surface area (Å²) in [5.74, 6) is 1.50. The highest BCUT2D eigenvalue weighted by Crippen LogP contribution is 2.31. The van der Waals surface area contributed by atoms with E-state index in [2.05, 4.69) is 10.4 Å². The van der Waals surface area contributed by atoms with E-state index in [9.17, 15) is 4.79 Å². The SMILES string of the molecule is COCc1ccc(C(=O)N[C@H]2CCCc3c2cnn3-c2ccc(OC)cc2)o1. The van der Waals surface area contributed by atoms with E-state index in [1.807, 2.05) is 35.1 Å². The molecular formula is C21H23N3O4. The van der Waals surface area contributed by atoms with Gasteiger partial charge in [-0.1, -0.05) is 0 Å². The number of furan rings is 1. The van der Waals surface area contributed by atoms with Crippen molar-refractivity contribution < 1.29 is 18.7 Å². The molecule has 0 saturated carbocycles. The third-order valence-electron chi connectivity index (χ3n) is 4.98. The molecule has 2 aromatic heterocycles. The summed E-state index contributed by atoms with van der Waals surface area (Å²) in [4.78, 5) is 12.6. The number of benzene rings is 1. The van der Waals surface area contributed by atoms with Crippen molar-refractivity contribution in [1.29, 1.82) is 0 Å². The van der Waals surface area contributed by atoms with Gasteiger partial charge in [-0.25, -0.2) is 4.68 Å². The van der Waals surface area contributed by atoms with Crippen molar-refractivity contribution in [1.82, 2.24) is 15.1 Å². The Bertz CT molecular complexity index is 958. The summed E-state index contributed by atoms with van der Waals surface area (Å²) < 4.78 is 17.7. The second kappa shape index (κ2) is 7.90. The quantitative estimate of drug-likeness (QED) is 0.708. The minimum absolute atomic E-state index is 0.0841. The number of methoxy groups -OCH3 is 2. The molecule has 1 aromatic carbocycles. The zero-order valence-electron chi connectivity index (χ0n) is 16.0. The number of nitrogens with one attached hydrogen (secondary N) is 1. The van der Waals surface area contributed by atoms with Gasteiger partial charge in [-0.3, -0.25) is 4.79 Å². The van der Waals surface area contributed by atoms with Gasteiger partial charge < -0.3 is 19.2 Å². The van der Waals surface area contributed by atoms with Crippen molar-refractivity contribution in [3.63, 3.8) is 0 Å². The summed E-state index contributed by atoms with van der Waals surface area (Å²) in [6.07, 6.45) is 4.63. The first kappa shape index (κ1) is 18.3. The van der Waals surface area contributed by atoms with Crippen molar-refractivity contribution in [2.24, 2.45) is 0 Å². The van der Waals surface area contributed by atoms with Crippen LogP contribution < -0.4 is 10.1 Å². The van der Waals surface area contributed by atoms with Gasteiger partial charge in [0.25, 0.3) is 5.91 Å². The molecule has 1 amide bonds. The normalized spacial score (nSPS) is 15.9. The Morgan fingerprint density at radius 1 is 1.25 bits per heavy atom. The third-order valence-corrected chi connectivity index (χ3v) is 4.98. The van der Waals surface area contributed by atoms with Crippen LogP contribution in [0.25, 0.3) is 5.69 Å². The summed E-state index contributed by atoms with van der Waals surface area (Å²) in [5, 5.41) is 7.65. The Morgan fingerprint density at radius 3 is 2.82 bits per heavy atom. The predicted octanol–water partition coefficient (Wildman–Crippen LogP) is 3.43. The molecule has 1 aliphatic carbocycles. The second-order valence-corrected chi connectivity index (χ2v) is 6.77. The van der Waals surface area contributed by atoms with Crippen LogP contribution in [0.5, 0.6) is 5.75 Å². The van der Waals surface area contributed by atoms with Gasteiger partial charge in [-0.2, -0.15) is 5.10 Å². The first-order chi connectivity index (χ1) is 13.7. The monoisotopic (exact) mass is 381 g/mol. The number of carbonyl (C=O) groups excluding carboxylic acids is 1. The number of hydrogen-bond donors (Lipinski definition) is 1. The molecule has 4 rings (SSSR count). The molecule has 1 aliphatic rings. The van der Waals surface area contributed by atoms with E-state index in [4.69, 9.17) is 13.9 Å². The fourth-order valence-electron chi connectivity index (χ4n) is 3.60. The highest BCUT2D eigenvalue weighted by molar-refractivity contribution is 5.91. The van der Waals surface area contributed by atoms with E-state index in [1.165, 1.54) is 0 Å². The van der Waals surface area contributed by atoms with E-state index >= 15 is 0 Å². The molecule has 0 unspecified atom stereocenters. The highest BCUT2D eigenvalue weighted by atomic mass is 16.5. The lowest BCUT2D eigenvalue weighted by Crippen LogP contribution is -2.30. The Hall–Kier alpha value is -3.06. The molecule has 146 valence electrons. The summed E-state index contributed by atoms with van der Waals surface area (Å²) in [6, 6.07) is 11.1. The van der Waals surface area contributed by atoms with Crippen molar-refractivity contribution in [2.45, 2.75) is 31.9 Å². The first-order valence-corrected chi connectivity index (χ1v) is 9.29. The second-order valence-electron chi connectivity index (χ2n) is 6.77. The molecule has 0 fully saturated rings. The van der Waals surface area contributed by atoms with Gasteiger partial charge >= 0.3 is 0 Å². The fourth-order valence-corrected chi connectivity index (χ4v) is 3.60. The molecule has 0 spiro atoms. The number of nitrogens with zero attached hydrogens (tertiary/aromatic N) is 2. The minimum atomic E-state index is -0.225. The minimum Gasteiger partial charge on any atom is -0.497 e. The predicted molar refractivity (Wildman–Crippen MR) is 103 cm³/mol. The van der Waals surface area contributed by atoms with Crippen LogP contribution in [0.3, 0.4) is 0 Å². The standard InChI is InChI=1S/C21H23N3O4/c1-26-13-16-10-11-20(28-16)21(25)23-18-4-3-5-19-17(18)12-22-24(19)14-6-8-15(27-2)9-7-14/h6-12,18H,3-5,13H2,1-2H3,(H,23,25)/t18-/m0/s1. The number of rotatable bonds is 6. The maximum atomic E-state index is 12.6. The van der Waals surface area contributed by atoms with E-state index in [-0.39, 0.29) is 11.9 Å². The number of hydrogen-bond acceptors (Lipinski definition) is 5. The maximum absolute atomic E-state index is 12.6. The van der Waals surface area contributed by atoms with Crippen LogP contribution >= 0.6 is 0 Å². The molecule has 1 N–H and O–H groups in total. The van der Waals surface area contributed by atoms with E-state index < -0.39 is 0 Å². The Labute approximate surface area is 163 Å². The number of carbonyl (C=O) groups is 1. The van der Waals surface area contributed by atoms with Gasteiger partial charge in [0.15, 0.2) is 5.76 Å². The van der Waals surface area contributed by atoms with Gasteiger partial charge in [0.1, 0.15) is 18.1 Å². The molecule has 2 heterocycles. The number of amides is 1. The molecular weight excluding hydrogens is 358 g/mol. The van der Waals surface area contributed by atoms with Crippen LogP contribution in [-0.2, 0) is 17.8 Å². The maximum Gasteiger partial charge on any atom is 0.287 e. The summed E-state index contributed by atoms with van der Waals surface area (Å²) in [6.45, 7) is 0.343. The molecule has 7 heteroatoms. The smallest absolute Gasteiger partial charge is 0.287 e. The third kappa shape index (κ3) is 3.53. The molecule has 3 aromatic rings.